The minimum Gasteiger partial charge on any atom is -0.480 e. The molecule has 1 atom stereocenters. The summed E-state index contributed by atoms with van der Waals surface area (Å²) < 4.78 is 1.66. The summed E-state index contributed by atoms with van der Waals surface area (Å²) in [6.45, 7) is 3.40. The molecule has 0 aliphatic heterocycles. The highest BCUT2D eigenvalue weighted by Gasteiger charge is 2.23. The summed E-state index contributed by atoms with van der Waals surface area (Å²) in [6.07, 6.45) is 2.51. The number of carboxylic acids is 1. The highest BCUT2D eigenvalue weighted by Crippen LogP contribution is 2.17. The lowest BCUT2D eigenvalue weighted by atomic mass is 10.1. The number of nitrogens with zero attached hydrogens (tertiary/aromatic N) is 3. The van der Waals surface area contributed by atoms with Crippen molar-refractivity contribution < 1.29 is 9.90 Å². The minimum absolute atomic E-state index is 0.627. The lowest BCUT2D eigenvalue weighted by molar-refractivity contribution is -0.139. The number of aliphatic carboxylic acids is 1. The van der Waals surface area contributed by atoms with Gasteiger partial charge in [-0.25, -0.2) is 0 Å². The first kappa shape index (κ1) is 14.7. The van der Waals surface area contributed by atoms with Crippen molar-refractivity contribution in [2.45, 2.75) is 19.4 Å². The van der Waals surface area contributed by atoms with Gasteiger partial charge < -0.3 is 10.0 Å². The van der Waals surface area contributed by atoms with E-state index in [1.165, 1.54) is 0 Å². The lowest BCUT2D eigenvalue weighted by Gasteiger charge is -2.16. The molecule has 1 rings (SSSR count). The Balaban J connectivity index is 2.80. The fraction of sp³-hybridized carbons (Fsp3) is 0.667. The zero-order valence-electron chi connectivity index (χ0n) is 11.5. The van der Waals surface area contributed by atoms with Gasteiger partial charge in [0.25, 0.3) is 0 Å². The molecule has 18 heavy (non-hydrogen) atoms. The molecule has 1 heterocycles. The van der Waals surface area contributed by atoms with Crippen molar-refractivity contribution in [1.29, 1.82) is 0 Å². The molecule has 0 amide bonds. The number of hydrogen-bond acceptors (Lipinski definition) is 4. The molecule has 0 saturated carbocycles. The van der Waals surface area contributed by atoms with E-state index in [1.54, 1.807) is 17.9 Å². The Morgan fingerprint density at radius 1 is 1.61 bits per heavy atom. The second-order valence-corrected chi connectivity index (χ2v) is 4.59. The van der Waals surface area contributed by atoms with Crippen LogP contribution in [0.25, 0.3) is 0 Å². The van der Waals surface area contributed by atoms with Gasteiger partial charge in [-0.2, -0.15) is 5.10 Å². The first-order valence-electron chi connectivity index (χ1n) is 6.09. The zero-order valence-corrected chi connectivity index (χ0v) is 11.5. The summed E-state index contributed by atoms with van der Waals surface area (Å²) in [5.41, 5.74) is 1.59. The fourth-order valence-corrected chi connectivity index (χ4v) is 1.83. The second-order valence-electron chi connectivity index (χ2n) is 4.59. The van der Waals surface area contributed by atoms with Crippen LogP contribution in [-0.2, 0) is 18.3 Å². The Kier molecular flexibility index (Phi) is 5.30. The predicted molar refractivity (Wildman–Crippen MR) is 69.5 cm³/mol. The van der Waals surface area contributed by atoms with Gasteiger partial charge in [0.05, 0.1) is 5.69 Å². The molecule has 1 aromatic heterocycles. The molecule has 1 aromatic rings. The van der Waals surface area contributed by atoms with E-state index in [1.807, 2.05) is 25.9 Å². The first-order chi connectivity index (χ1) is 8.45. The molecule has 0 aliphatic carbocycles. The van der Waals surface area contributed by atoms with Crippen molar-refractivity contribution in [3.63, 3.8) is 0 Å². The highest BCUT2D eigenvalue weighted by atomic mass is 16.4. The maximum absolute atomic E-state index is 11.3. The van der Waals surface area contributed by atoms with Crippen LogP contribution < -0.4 is 5.32 Å². The molecule has 6 nitrogen and oxygen atoms in total. The van der Waals surface area contributed by atoms with Crippen molar-refractivity contribution in [1.82, 2.24) is 20.0 Å². The number of nitrogens with one attached hydrogen (secondary N) is 1. The van der Waals surface area contributed by atoms with Gasteiger partial charge >= 0.3 is 5.97 Å². The van der Waals surface area contributed by atoms with Crippen LogP contribution in [0.1, 0.15) is 24.2 Å². The zero-order chi connectivity index (χ0) is 13.7. The minimum atomic E-state index is -0.864. The number of likely N-dealkylation sites (N-methyl/N-ethyl adjacent to an activating group) is 1. The molecule has 2 N–H and O–H groups in total. The Hall–Kier alpha value is -1.40. The maximum atomic E-state index is 11.3. The van der Waals surface area contributed by atoms with Crippen LogP contribution in [0, 0.1) is 0 Å². The van der Waals surface area contributed by atoms with E-state index >= 15 is 0 Å². The summed E-state index contributed by atoms with van der Waals surface area (Å²) in [7, 11) is 5.72. The number of aryl methyl sites for hydroxylation is 2. The van der Waals surface area contributed by atoms with E-state index in [0.29, 0.717) is 6.54 Å². The number of carboxylic acid groups (broad SMARTS) is 1. The molecular formula is C12H22N4O2. The SMILES string of the molecule is CCc1nn(C)cc1C(NCCN(C)C)C(=O)O. The lowest BCUT2D eigenvalue weighted by Crippen LogP contribution is -2.34. The molecule has 0 spiro atoms. The Labute approximate surface area is 108 Å². The molecule has 0 radical (unpaired) electrons. The summed E-state index contributed by atoms with van der Waals surface area (Å²) >= 11 is 0. The van der Waals surface area contributed by atoms with Crippen molar-refractivity contribution in [2.24, 2.45) is 7.05 Å². The van der Waals surface area contributed by atoms with Crippen LogP contribution in [0.3, 0.4) is 0 Å². The van der Waals surface area contributed by atoms with Crippen LogP contribution in [0.5, 0.6) is 0 Å². The average molecular weight is 254 g/mol. The standard InChI is InChI=1S/C12H22N4O2/c1-5-10-9(8-16(4)14-10)11(12(17)18)13-6-7-15(2)3/h8,11,13H,5-7H2,1-4H3,(H,17,18). The Morgan fingerprint density at radius 3 is 2.78 bits per heavy atom. The van der Waals surface area contributed by atoms with Crippen LogP contribution in [0.4, 0.5) is 0 Å². The van der Waals surface area contributed by atoms with E-state index in [2.05, 4.69) is 10.4 Å². The topological polar surface area (TPSA) is 70.4 Å². The van der Waals surface area contributed by atoms with Gasteiger partial charge in [-0.1, -0.05) is 6.92 Å². The highest BCUT2D eigenvalue weighted by molar-refractivity contribution is 5.75. The second kappa shape index (κ2) is 6.51. The number of aromatic nitrogens is 2. The maximum Gasteiger partial charge on any atom is 0.325 e. The summed E-state index contributed by atoms with van der Waals surface area (Å²) in [4.78, 5) is 13.3. The average Bonchev–Trinajstić information content (AvgIpc) is 2.64. The van der Waals surface area contributed by atoms with Crippen molar-refractivity contribution >= 4 is 5.97 Å². The molecule has 0 saturated heterocycles. The summed E-state index contributed by atoms with van der Waals surface area (Å²) in [6, 6.07) is -0.686. The van der Waals surface area contributed by atoms with Crippen molar-refractivity contribution in [3.8, 4) is 0 Å². The van der Waals surface area contributed by atoms with Crippen LogP contribution in [0.15, 0.2) is 6.20 Å². The Morgan fingerprint density at radius 2 is 2.28 bits per heavy atom. The number of rotatable bonds is 7. The van der Waals surface area contributed by atoms with Crippen molar-refractivity contribution in [3.05, 3.63) is 17.5 Å². The van der Waals surface area contributed by atoms with Crippen molar-refractivity contribution in [2.75, 3.05) is 27.2 Å². The monoisotopic (exact) mass is 254 g/mol. The molecule has 0 aliphatic rings. The van der Waals surface area contributed by atoms with E-state index in [-0.39, 0.29) is 0 Å². The summed E-state index contributed by atoms with van der Waals surface area (Å²) in [5.74, 6) is -0.864. The molecule has 102 valence electrons. The van der Waals surface area contributed by atoms with Gasteiger partial charge in [0.15, 0.2) is 0 Å². The van der Waals surface area contributed by atoms with Crippen LogP contribution in [-0.4, -0.2) is 52.9 Å². The molecule has 0 bridgehead atoms. The first-order valence-corrected chi connectivity index (χ1v) is 6.09. The smallest absolute Gasteiger partial charge is 0.325 e. The quantitative estimate of drug-likeness (QED) is 0.730. The van der Waals surface area contributed by atoms with E-state index in [9.17, 15) is 9.90 Å². The third kappa shape index (κ3) is 3.82. The Bertz CT molecular complexity index is 401. The van der Waals surface area contributed by atoms with Gasteiger partial charge in [-0.15, -0.1) is 0 Å². The molecule has 1 unspecified atom stereocenters. The summed E-state index contributed by atoms with van der Waals surface area (Å²) in [5, 5.41) is 16.6. The van der Waals surface area contributed by atoms with Gasteiger partial charge in [0.2, 0.25) is 0 Å². The van der Waals surface area contributed by atoms with Gasteiger partial charge in [0.1, 0.15) is 6.04 Å². The fourth-order valence-electron chi connectivity index (χ4n) is 1.83. The van der Waals surface area contributed by atoms with Crippen LogP contribution >= 0.6 is 0 Å². The molecule has 0 aromatic carbocycles. The van der Waals surface area contributed by atoms with E-state index < -0.39 is 12.0 Å². The molecule has 6 heteroatoms. The van der Waals surface area contributed by atoms with E-state index in [4.69, 9.17) is 0 Å². The van der Waals surface area contributed by atoms with Gasteiger partial charge in [-0.05, 0) is 20.5 Å². The molecule has 0 fully saturated rings. The van der Waals surface area contributed by atoms with E-state index in [0.717, 1.165) is 24.2 Å². The van der Waals surface area contributed by atoms with Crippen LogP contribution in [0.2, 0.25) is 0 Å². The van der Waals surface area contributed by atoms with Gasteiger partial charge in [0, 0.05) is 31.9 Å². The number of carbonyl (C=O) groups is 1. The third-order valence-corrected chi connectivity index (χ3v) is 2.74. The third-order valence-electron chi connectivity index (χ3n) is 2.74. The normalized spacial score (nSPS) is 12.9. The molecular weight excluding hydrogens is 232 g/mol. The predicted octanol–water partition coefficient (Wildman–Crippen LogP) is 0.259. The number of hydrogen-bond donors (Lipinski definition) is 2. The van der Waals surface area contributed by atoms with Gasteiger partial charge in [-0.3, -0.25) is 14.8 Å². The largest absolute Gasteiger partial charge is 0.480 e.